The summed E-state index contributed by atoms with van der Waals surface area (Å²) >= 11 is 5.49. The van der Waals surface area contributed by atoms with Crippen molar-refractivity contribution in [3.8, 4) is 0 Å². The van der Waals surface area contributed by atoms with Gasteiger partial charge in [0, 0.05) is 19.4 Å². The van der Waals surface area contributed by atoms with Gasteiger partial charge in [0.05, 0.1) is 5.02 Å². The smallest absolute Gasteiger partial charge is 0.287 e. The lowest BCUT2D eigenvalue weighted by Crippen LogP contribution is -2.25. The molecule has 6 nitrogen and oxygen atoms in total. The maximum absolute atomic E-state index is 13.7. The van der Waals surface area contributed by atoms with Gasteiger partial charge in [0.1, 0.15) is 23.3 Å². The molecular formula is C12H10ClF2N3O3S. The minimum absolute atomic E-state index is 0.0537. The maximum atomic E-state index is 13.7. The Morgan fingerprint density at radius 3 is 2.77 bits per heavy atom. The lowest BCUT2D eigenvalue weighted by atomic mass is 10.3. The first-order valence-corrected chi connectivity index (χ1v) is 7.63. The van der Waals surface area contributed by atoms with Crippen molar-refractivity contribution >= 4 is 21.6 Å². The van der Waals surface area contributed by atoms with Crippen LogP contribution in [-0.4, -0.2) is 25.3 Å². The summed E-state index contributed by atoms with van der Waals surface area (Å²) in [5, 5.41) is 3.33. The summed E-state index contributed by atoms with van der Waals surface area (Å²) in [6.07, 6.45) is 1.40. The van der Waals surface area contributed by atoms with Crippen molar-refractivity contribution in [3.05, 3.63) is 52.6 Å². The molecule has 0 fully saturated rings. The Morgan fingerprint density at radius 2 is 2.09 bits per heavy atom. The van der Waals surface area contributed by atoms with Crippen LogP contribution in [0.15, 0.2) is 39.8 Å². The SMILES string of the molecule is COCn1ncccc1=NS(=O)(=O)c1cc(Cl)c(F)cc1F. The molecule has 10 heteroatoms. The molecule has 1 aromatic carbocycles. The molecule has 0 spiro atoms. The van der Waals surface area contributed by atoms with Crippen LogP contribution in [0.4, 0.5) is 8.78 Å². The lowest BCUT2D eigenvalue weighted by Gasteiger charge is -2.05. The van der Waals surface area contributed by atoms with Crippen molar-refractivity contribution in [2.45, 2.75) is 11.6 Å². The first-order valence-electron chi connectivity index (χ1n) is 5.82. The fourth-order valence-corrected chi connectivity index (χ4v) is 2.87. The first kappa shape index (κ1) is 16.5. The van der Waals surface area contributed by atoms with E-state index in [4.69, 9.17) is 16.3 Å². The maximum Gasteiger partial charge on any atom is 0.287 e. The third-order valence-corrected chi connectivity index (χ3v) is 4.11. The highest BCUT2D eigenvalue weighted by Crippen LogP contribution is 2.24. The van der Waals surface area contributed by atoms with Gasteiger partial charge in [-0.15, -0.1) is 4.40 Å². The van der Waals surface area contributed by atoms with Crippen LogP contribution in [0.3, 0.4) is 0 Å². The van der Waals surface area contributed by atoms with Gasteiger partial charge in [0.2, 0.25) is 0 Å². The molecule has 2 rings (SSSR count). The summed E-state index contributed by atoms with van der Waals surface area (Å²) in [5.41, 5.74) is -0.0794. The summed E-state index contributed by atoms with van der Waals surface area (Å²) in [6.45, 7) is -0.0537. The van der Waals surface area contributed by atoms with Gasteiger partial charge in [-0.25, -0.2) is 13.5 Å². The predicted molar refractivity (Wildman–Crippen MR) is 73.4 cm³/mol. The Balaban J connectivity index is 2.62. The van der Waals surface area contributed by atoms with Crippen molar-refractivity contribution < 1.29 is 21.9 Å². The second-order valence-corrected chi connectivity index (χ2v) is 6.04. The average Bonchev–Trinajstić information content (AvgIpc) is 2.45. The standard InChI is InChI=1S/C12H10ClF2N3O3S/c1-21-7-18-12(3-2-4-16-18)17-22(19,20)11-5-8(13)9(14)6-10(11)15/h2-6H,7H2,1H3. The number of hydrogen-bond donors (Lipinski definition) is 0. The van der Waals surface area contributed by atoms with E-state index in [1.807, 2.05) is 0 Å². The number of hydrogen-bond acceptors (Lipinski definition) is 4. The van der Waals surface area contributed by atoms with E-state index in [9.17, 15) is 17.2 Å². The fourth-order valence-electron chi connectivity index (χ4n) is 1.57. The highest BCUT2D eigenvalue weighted by atomic mass is 35.5. The Hall–Kier alpha value is -1.84. The van der Waals surface area contributed by atoms with Crippen LogP contribution in [0.25, 0.3) is 0 Å². The normalized spacial score (nSPS) is 12.6. The predicted octanol–water partition coefficient (Wildman–Crippen LogP) is 1.71. The van der Waals surface area contributed by atoms with Gasteiger partial charge >= 0.3 is 0 Å². The Kier molecular flexibility index (Phi) is 4.89. The number of sulfonamides is 1. The highest BCUT2D eigenvalue weighted by Gasteiger charge is 2.21. The van der Waals surface area contributed by atoms with E-state index in [-0.39, 0.29) is 12.2 Å². The average molecular weight is 350 g/mol. The molecule has 0 atom stereocenters. The van der Waals surface area contributed by atoms with Crippen molar-refractivity contribution in [2.24, 2.45) is 4.40 Å². The summed E-state index contributed by atoms with van der Waals surface area (Å²) in [4.78, 5) is -0.827. The number of halogens is 3. The Bertz CT molecular complexity index is 868. The lowest BCUT2D eigenvalue weighted by molar-refractivity contribution is 0.115. The zero-order valence-corrected chi connectivity index (χ0v) is 12.8. The van der Waals surface area contributed by atoms with Gasteiger partial charge in [0.25, 0.3) is 10.0 Å². The van der Waals surface area contributed by atoms with Gasteiger partial charge < -0.3 is 4.74 Å². The number of nitrogens with zero attached hydrogens (tertiary/aromatic N) is 3. The van der Waals surface area contributed by atoms with Gasteiger partial charge in [-0.05, 0) is 18.2 Å². The van der Waals surface area contributed by atoms with Crippen LogP contribution in [0.2, 0.25) is 5.02 Å². The van der Waals surface area contributed by atoms with E-state index in [0.717, 1.165) is 4.68 Å². The van der Waals surface area contributed by atoms with Crippen molar-refractivity contribution in [2.75, 3.05) is 7.11 Å². The molecule has 1 heterocycles. The third-order valence-electron chi connectivity index (χ3n) is 2.52. The molecule has 0 amide bonds. The van der Waals surface area contributed by atoms with Crippen LogP contribution >= 0.6 is 11.6 Å². The van der Waals surface area contributed by atoms with Crippen molar-refractivity contribution in [1.82, 2.24) is 9.78 Å². The van der Waals surface area contributed by atoms with Crippen LogP contribution < -0.4 is 5.49 Å². The molecule has 0 N–H and O–H groups in total. The van der Waals surface area contributed by atoms with E-state index >= 15 is 0 Å². The number of ether oxygens (including phenoxy) is 1. The number of rotatable bonds is 4. The summed E-state index contributed by atoms with van der Waals surface area (Å²) in [6, 6.07) is 3.86. The van der Waals surface area contributed by atoms with E-state index in [0.29, 0.717) is 12.1 Å². The van der Waals surface area contributed by atoms with Gasteiger partial charge in [-0.2, -0.15) is 13.5 Å². The summed E-state index contributed by atoms with van der Waals surface area (Å²) < 4.78 is 60.6. The van der Waals surface area contributed by atoms with Gasteiger partial charge in [0.15, 0.2) is 5.49 Å². The van der Waals surface area contributed by atoms with E-state index < -0.39 is 31.6 Å². The number of methoxy groups -OCH3 is 1. The van der Waals surface area contributed by atoms with Crippen LogP contribution in [0, 0.1) is 11.6 Å². The fraction of sp³-hybridized carbons (Fsp3) is 0.167. The molecule has 118 valence electrons. The molecular weight excluding hydrogens is 340 g/mol. The molecule has 0 aliphatic rings. The van der Waals surface area contributed by atoms with Crippen molar-refractivity contribution in [3.63, 3.8) is 0 Å². The molecule has 0 bridgehead atoms. The number of benzene rings is 1. The molecule has 0 saturated heterocycles. The third kappa shape index (κ3) is 3.49. The Labute approximate surface area is 129 Å². The van der Waals surface area contributed by atoms with Gasteiger partial charge in [-0.3, -0.25) is 0 Å². The minimum Gasteiger partial charge on any atom is -0.362 e. The molecule has 1 aromatic heterocycles. The highest BCUT2D eigenvalue weighted by molar-refractivity contribution is 7.90. The second-order valence-electron chi connectivity index (χ2n) is 4.06. The van der Waals surface area contributed by atoms with Crippen LogP contribution in [0.1, 0.15) is 0 Å². The molecule has 0 saturated carbocycles. The van der Waals surface area contributed by atoms with E-state index in [1.165, 1.54) is 25.4 Å². The van der Waals surface area contributed by atoms with Crippen molar-refractivity contribution in [1.29, 1.82) is 0 Å². The molecule has 2 aromatic rings. The minimum atomic E-state index is -4.44. The number of aromatic nitrogens is 2. The van der Waals surface area contributed by atoms with E-state index in [2.05, 4.69) is 9.50 Å². The molecule has 0 unspecified atom stereocenters. The summed E-state index contributed by atoms with van der Waals surface area (Å²) in [7, 11) is -3.05. The second kappa shape index (κ2) is 6.51. The molecule has 22 heavy (non-hydrogen) atoms. The zero-order chi connectivity index (χ0) is 16.3. The Morgan fingerprint density at radius 1 is 1.36 bits per heavy atom. The zero-order valence-electron chi connectivity index (χ0n) is 11.2. The molecule has 0 radical (unpaired) electrons. The largest absolute Gasteiger partial charge is 0.362 e. The molecule has 0 aliphatic carbocycles. The monoisotopic (exact) mass is 349 g/mol. The molecule has 0 aliphatic heterocycles. The van der Waals surface area contributed by atoms with E-state index in [1.54, 1.807) is 0 Å². The van der Waals surface area contributed by atoms with Gasteiger partial charge in [-0.1, -0.05) is 11.6 Å². The topological polar surface area (TPSA) is 73.5 Å². The first-order chi connectivity index (χ1) is 10.3. The van der Waals surface area contributed by atoms with Crippen LogP contribution in [-0.2, 0) is 21.5 Å². The summed E-state index contributed by atoms with van der Waals surface area (Å²) in [5.74, 6) is -2.35. The van der Waals surface area contributed by atoms with Crippen LogP contribution in [0.5, 0.6) is 0 Å². The quantitative estimate of drug-likeness (QED) is 0.788.